The number of hydrogen-bond acceptors (Lipinski definition) is 1. The third-order valence-corrected chi connectivity index (χ3v) is 9.87. The quantitative estimate of drug-likeness (QED) is 0.200. The summed E-state index contributed by atoms with van der Waals surface area (Å²) in [4.78, 5) is 4.74. The Bertz CT molecular complexity index is 2530. The molecule has 0 fully saturated rings. The average Bonchev–Trinajstić information content (AvgIpc) is 3.62. The van der Waals surface area contributed by atoms with Gasteiger partial charge in [0.15, 0.2) is 0 Å². The molecule has 0 spiro atoms. The molecule has 3 aromatic heterocycles. The Balaban J connectivity index is 1.33. The maximum absolute atomic E-state index is 4.74. The van der Waals surface area contributed by atoms with Gasteiger partial charge in [0.25, 0.3) is 0 Å². The van der Waals surface area contributed by atoms with Crippen LogP contribution in [0, 0.1) is 13.8 Å². The zero-order valence-electron chi connectivity index (χ0n) is 26.0. The van der Waals surface area contributed by atoms with Crippen LogP contribution in [0.4, 0.5) is 0 Å². The van der Waals surface area contributed by atoms with Gasteiger partial charge in [0.2, 0.25) is 0 Å². The summed E-state index contributed by atoms with van der Waals surface area (Å²) in [5, 5.41) is 6.34. The van der Waals surface area contributed by atoms with Gasteiger partial charge < -0.3 is 4.57 Å². The molecule has 0 amide bonds. The average molecular weight is 592 g/mol. The number of fused-ring (bicyclic) bond motifs is 6. The Morgan fingerprint density at radius 3 is 1.93 bits per heavy atom. The summed E-state index contributed by atoms with van der Waals surface area (Å²) in [5.41, 5.74) is 11.4. The minimum Gasteiger partial charge on any atom is -0.309 e. The van der Waals surface area contributed by atoms with Gasteiger partial charge in [-0.15, -0.1) is 0 Å². The lowest BCUT2D eigenvalue weighted by atomic mass is 9.84. The molecular formula is C43H33N3. The molecule has 1 atom stereocenters. The minimum absolute atomic E-state index is 0.228. The van der Waals surface area contributed by atoms with Crippen LogP contribution in [0.25, 0.3) is 67.5 Å². The van der Waals surface area contributed by atoms with E-state index in [4.69, 9.17) is 4.98 Å². The fourth-order valence-electron chi connectivity index (χ4n) is 7.71. The first-order valence-corrected chi connectivity index (χ1v) is 16.1. The number of rotatable bonds is 4. The molecule has 3 heterocycles. The van der Waals surface area contributed by atoms with Crippen LogP contribution in [-0.4, -0.2) is 14.1 Å². The summed E-state index contributed by atoms with van der Waals surface area (Å²) in [6.45, 7) is 4.54. The molecule has 3 heteroatoms. The predicted molar refractivity (Wildman–Crippen MR) is 192 cm³/mol. The molecule has 8 aromatic rings. The molecule has 0 saturated heterocycles. The predicted octanol–water partition coefficient (Wildman–Crippen LogP) is 9.15. The largest absolute Gasteiger partial charge is 0.309 e. The molecule has 0 saturated carbocycles. The fourth-order valence-corrected chi connectivity index (χ4v) is 7.71. The monoisotopic (exact) mass is 591 g/mol. The number of nitrogens with zero attached hydrogens (tertiary/aromatic N) is 3. The summed E-state index contributed by atoms with van der Waals surface area (Å²) in [5.74, 6) is 1.18. The Labute approximate surface area is 268 Å². The molecule has 9 rings (SSSR count). The summed E-state index contributed by atoms with van der Waals surface area (Å²) in [6, 6.07) is 46.1. The van der Waals surface area contributed by atoms with Crippen LogP contribution in [0.1, 0.15) is 29.0 Å². The van der Waals surface area contributed by atoms with Gasteiger partial charge in [0.1, 0.15) is 5.82 Å². The molecule has 46 heavy (non-hydrogen) atoms. The lowest BCUT2D eigenvalue weighted by Crippen LogP contribution is -2.32. The van der Waals surface area contributed by atoms with Gasteiger partial charge in [-0.3, -0.25) is 4.57 Å². The normalized spacial score (nSPS) is 14.3. The standard InChI is InChI=1S/C43H33N3/c1-28-13-3-4-14-32(28)37-27-31(45-39-18-8-5-15-33(39)34-16-6-9-19-40(34)45)26-36(29(37)2)30-22-23-42-38(25-30)35-17-7-10-20-41(35)46(42)43-21-11-12-24-44-43/h3-21,23-27,30H,22H2,1-2H3. The highest BCUT2D eigenvalue weighted by Crippen LogP contribution is 2.39. The number of aromatic nitrogens is 3. The van der Waals surface area contributed by atoms with E-state index in [1.165, 1.54) is 76.8 Å². The van der Waals surface area contributed by atoms with E-state index in [9.17, 15) is 0 Å². The zero-order chi connectivity index (χ0) is 30.8. The smallest absolute Gasteiger partial charge is 0.137 e. The first kappa shape index (κ1) is 26.7. The van der Waals surface area contributed by atoms with E-state index in [1.54, 1.807) is 0 Å². The Hall–Kier alpha value is -5.67. The van der Waals surface area contributed by atoms with E-state index in [2.05, 4.69) is 156 Å². The molecule has 0 radical (unpaired) electrons. The van der Waals surface area contributed by atoms with Gasteiger partial charge in [-0.1, -0.05) is 97.1 Å². The number of pyridine rings is 1. The van der Waals surface area contributed by atoms with Crippen LogP contribution < -0.4 is 10.6 Å². The molecule has 5 aromatic carbocycles. The van der Waals surface area contributed by atoms with Gasteiger partial charge >= 0.3 is 0 Å². The van der Waals surface area contributed by atoms with E-state index in [1.807, 2.05) is 12.3 Å². The highest BCUT2D eigenvalue weighted by atomic mass is 15.1. The lowest BCUT2D eigenvalue weighted by molar-refractivity contribution is 0.890. The van der Waals surface area contributed by atoms with Gasteiger partial charge in [-0.25, -0.2) is 4.98 Å². The molecule has 3 nitrogen and oxygen atoms in total. The van der Waals surface area contributed by atoms with E-state index < -0.39 is 0 Å². The van der Waals surface area contributed by atoms with Gasteiger partial charge in [-0.05, 0) is 90.6 Å². The van der Waals surface area contributed by atoms with Crippen LogP contribution >= 0.6 is 0 Å². The molecule has 0 bridgehead atoms. The third-order valence-electron chi connectivity index (χ3n) is 9.87. The van der Waals surface area contributed by atoms with Crippen LogP contribution in [0.3, 0.4) is 0 Å². The molecule has 1 unspecified atom stereocenters. The molecule has 1 aliphatic rings. The summed E-state index contributed by atoms with van der Waals surface area (Å²) in [7, 11) is 0. The van der Waals surface area contributed by atoms with Crippen molar-refractivity contribution in [2.24, 2.45) is 0 Å². The topological polar surface area (TPSA) is 22.8 Å². The van der Waals surface area contributed by atoms with Crippen molar-refractivity contribution in [2.45, 2.75) is 26.2 Å². The van der Waals surface area contributed by atoms with Crippen LogP contribution in [0.2, 0.25) is 0 Å². The Morgan fingerprint density at radius 1 is 0.609 bits per heavy atom. The molecule has 0 aliphatic heterocycles. The van der Waals surface area contributed by atoms with Crippen molar-refractivity contribution in [2.75, 3.05) is 0 Å². The number of hydrogen-bond donors (Lipinski definition) is 0. The van der Waals surface area contributed by atoms with Crippen molar-refractivity contribution < 1.29 is 0 Å². The summed E-state index contributed by atoms with van der Waals surface area (Å²) >= 11 is 0. The van der Waals surface area contributed by atoms with Crippen molar-refractivity contribution in [3.8, 4) is 22.6 Å². The van der Waals surface area contributed by atoms with Crippen molar-refractivity contribution in [1.82, 2.24) is 14.1 Å². The summed E-state index contributed by atoms with van der Waals surface area (Å²) < 4.78 is 4.78. The van der Waals surface area contributed by atoms with Gasteiger partial charge in [0, 0.05) is 39.2 Å². The number of para-hydroxylation sites is 3. The SMILES string of the molecule is Cc1ccccc1-c1cc(-n2c3ccccc3c3ccccc32)cc(C2C=c3c(n(-c4ccccn4)c4ccccc34)=CC2)c1C. The van der Waals surface area contributed by atoms with Crippen LogP contribution in [-0.2, 0) is 0 Å². The molecular weight excluding hydrogens is 558 g/mol. The van der Waals surface area contributed by atoms with E-state index >= 15 is 0 Å². The van der Waals surface area contributed by atoms with E-state index in [-0.39, 0.29) is 5.92 Å². The minimum atomic E-state index is 0.228. The molecule has 0 N–H and O–H groups in total. The fraction of sp³-hybridized carbons (Fsp3) is 0.0930. The van der Waals surface area contributed by atoms with Crippen molar-refractivity contribution in [3.63, 3.8) is 0 Å². The van der Waals surface area contributed by atoms with Gasteiger partial charge in [-0.2, -0.15) is 0 Å². The summed E-state index contributed by atoms with van der Waals surface area (Å²) in [6.07, 6.45) is 7.73. The zero-order valence-corrected chi connectivity index (χ0v) is 26.0. The van der Waals surface area contributed by atoms with E-state index in [0.717, 1.165) is 12.2 Å². The van der Waals surface area contributed by atoms with Gasteiger partial charge in [0.05, 0.1) is 21.9 Å². The lowest BCUT2D eigenvalue weighted by Gasteiger charge is -2.23. The van der Waals surface area contributed by atoms with Crippen LogP contribution in [0.15, 0.2) is 134 Å². The van der Waals surface area contributed by atoms with E-state index in [0.29, 0.717) is 0 Å². The Morgan fingerprint density at radius 2 is 1.24 bits per heavy atom. The van der Waals surface area contributed by atoms with Crippen LogP contribution in [0.5, 0.6) is 0 Å². The maximum Gasteiger partial charge on any atom is 0.137 e. The molecule has 220 valence electrons. The second-order valence-electron chi connectivity index (χ2n) is 12.4. The third kappa shape index (κ3) is 4.02. The Kier molecular flexibility index (Phi) is 6.07. The molecule has 1 aliphatic carbocycles. The van der Waals surface area contributed by atoms with Crippen molar-refractivity contribution in [3.05, 3.63) is 161 Å². The van der Waals surface area contributed by atoms with Crippen molar-refractivity contribution in [1.29, 1.82) is 0 Å². The number of benzene rings is 5. The second kappa shape index (κ2) is 10.5. The maximum atomic E-state index is 4.74. The highest BCUT2D eigenvalue weighted by molar-refractivity contribution is 6.09. The first-order valence-electron chi connectivity index (χ1n) is 16.1. The van der Waals surface area contributed by atoms with Crippen molar-refractivity contribution >= 4 is 44.9 Å². The first-order chi connectivity index (χ1) is 22.7. The highest BCUT2D eigenvalue weighted by Gasteiger charge is 2.22. The number of aryl methyl sites for hydroxylation is 1. The second-order valence-corrected chi connectivity index (χ2v) is 12.4.